The Morgan fingerprint density at radius 2 is 1.42 bits per heavy atom. The zero-order chi connectivity index (χ0) is 23.8. The minimum absolute atomic E-state index is 0.0942. The van der Waals surface area contributed by atoms with Gasteiger partial charge in [0.05, 0.1) is 11.9 Å². The van der Waals surface area contributed by atoms with Crippen LogP contribution < -0.4 is 14.4 Å². The van der Waals surface area contributed by atoms with Crippen molar-refractivity contribution in [2.24, 2.45) is 0 Å². The first-order valence-corrected chi connectivity index (χ1v) is 12.8. The molecule has 0 aliphatic rings. The van der Waals surface area contributed by atoms with Gasteiger partial charge in [-0.1, -0.05) is 48.5 Å². The average molecular weight is 467 g/mol. The Hall–Kier alpha value is -3.32. The molecule has 3 aromatic rings. The van der Waals surface area contributed by atoms with Gasteiger partial charge in [-0.3, -0.25) is 9.10 Å². The van der Waals surface area contributed by atoms with E-state index in [-0.39, 0.29) is 11.9 Å². The first-order valence-electron chi connectivity index (χ1n) is 10.9. The number of benzene rings is 3. The Bertz CT molecular complexity index is 1130. The van der Waals surface area contributed by atoms with Gasteiger partial charge in [-0.05, 0) is 68.7 Å². The molecule has 3 aromatic carbocycles. The zero-order valence-corrected chi connectivity index (χ0v) is 20.0. The van der Waals surface area contributed by atoms with Crippen LogP contribution in [0, 0.1) is 0 Å². The van der Waals surface area contributed by atoms with Crippen molar-refractivity contribution in [1.29, 1.82) is 0 Å². The van der Waals surface area contributed by atoms with Crippen molar-refractivity contribution >= 4 is 21.6 Å². The van der Waals surface area contributed by atoms with Gasteiger partial charge in [-0.15, -0.1) is 0 Å². The van der Waals surface area contributed by atoms with E-state index in [1.165, 1.54) is 5.56 Å². The molecule has 0 heterocycles. The van der Waals surface area contributed by atoms with Gasteiger partial charge in [-0.25, -0.2) is 8.42 Å². The fourth-order valence-electron chi connectivity index (χ4n) is 3.56. The van der Waals surface area contributed by atoms with Crippen LogP contribution >= 0.6 is 0 Å². The summed E-state index contributed by atoms with van der Waals surface area (Å²) in [6.45, 7) is 3.52. The molecule has 1 amide bonds. The lowest BCUT2D eigenvalue weighted by molar-refractivity contribution is -0.122. The first-order chi connectivity index (χ1) is 15.7. The Kier molecular flexibility index (Phi) is 8.11. The third-order valence-electron chi connectivity index (χ3n) is 5.26. The summed E-state index contributed by atoms with van der Waals surface area (Å²) in [5.74, 6) is 0.915. The Morgan fingerprint density at radius 3 is 2.00 bits per heavy atom. The lowest BCUT2D eigenvalue weighted by Gasteiger charge is -2.29. The van der Waals surface area contributed by atoms with Crippen LogP contribution in [0.4, 0.5) is 5.69 Å². The molecule has 33 heavy (non-hydrogen) atoms. The molecule has 1 N–H and O–H groups in total. The number of rotatable bonds is 10. The highest BCUT2D eigenvalue weighted by molar-refractivity contribution is 7.92. The predicted octanol–water partition coefficient (Wildman–Crippen LogP) is 4.77. The molecule has 0 fully saturated rings. The van der Waals surface area contributed by atoms with E-state index < -0.39 is 16.1 Å². The second-order valence-electron chi connectivity index (χ2n) is 8.08. The summed E-state index contributed by atoms with van der Waals surface area (Å²) in [7, 11) is -3.69. The number of ether oxygens (including phenoxy) is 1. The standard InChI is InChI=1S/C26H30N2O4S/c1-20(14-15-22-10-6-4-7-11-22)27-26(29)21(2)28(33(3,30)31)23-16-18-25(19-17-23)32-24-12-8-5-9-13-24/h4-13,16-21H,14-15H2,1-3H3,(H,27,29)/t20-,21+/m0/s1. The monoisotopic (exact) mass is 466 g/mol. The van der Waals surface area contributed by atoms with Crippen LogP contribution in [0.2, 0.25) is 0 Å². The molecule has 7 heteroatoms. The summed E-state index contributed by atoms with van der Waals surface area (Å²) >= 11 is 0. The van der Waals surface area contributed by atoms with E-state index in [0.717, 1.165) is 23.4 Å². The average Bonchev–Trinajstić information content (AvgIpc) is 2.79. The van der Waals surface area contributed by atoms with E-state index in [9.17, 15) is 13.2 Å². The number of sulfonamides is 1. The number of hydrogen-bond donors (Lipinski definition) is 1. The summed E-state index contributed by atoms with van der Waals surface area (Å²) in [6, 6.07) is 25.0. The van der Waals surface area contributed by atoms with E-state index in [4.69, 9.17) is 4.74 Å². The van der Waals surface area contributed by atoms with Crippen LogP contribution in [0.25, 0.3) is 0 Å². The zero-order valence-electron chi connectivity index (χ0n) is 19.1. The van der Waals surface area contributed by atoms with Crippen LogP contribution in [0.1, 0.15) is 25.8 Å². The quantitative estimate of drug-likeness (QED) is 0.467. The molecule has 0 spiro atoms. The maximum atomic E-state index is 12.9. The molecular formula is C26H30N2O4S. The SMILES string of the molecule is C[C@H](C(=O)N[C@@H](C)CCc1ccccc1)N(c1ccc(Oc2ccccc2)cc1)S(C)(=O)=O. The molecule has 0 aliphatic heterocycles. The van der Waals surface area contributed by atoms with E-state index in [2.05, 4.69) is 5.32 Å². The molecule has 0 radical (unpaired) electrons. The van der Waals surface area contributed by atoms with E-state index in [0.29, 0.717) is 17.2 Å². The van der Waals surface area contributed by atoms with E-state index in [1.54, 1.807) is 31.2 Å². The molecule has 0 unspecified atom stereocenters. The van der Waals surface area contributed by atoms with Crippen LogP contribution in [0.5, 0.6) is 11.5 Å². The second-order valence-corrected chi connectivity index (χ2v) is 9.94. The number of nitrogens with one attached hydrogen (secondary N) is 1. The number of aryl methyl sites for hydroxylation is 1. The molecule has 0 bridgehead atoms. The summed E-state index contributed by atoms with van der Waals surface area (Å²) in [6.07, 6.45) is 2.69. The van der Waals surface area contributed by atoms with Crippen molar-refractivity contribution in [1.82, 2.24) is 5.32 Å². The number of amides is 1. The Labute approximate surface area is 196 Å². The van der Waals surface area contributed by atoms with Crippen molar-refractivity contribution < 1.29 is 17.9 Å². The molecule has 3 rings (SSSR count). The van der Waals surface area contributed by atoms with Crippen molar-refractivity contribution in [3.8, 4) is 11.5 Å². The summed E-state index contributed by atoms with van der Waals surface area (Å²) < 4.78 is 32.0. The molecule has 0 saturated carbocycles. The van der Waals surface area contributed by atoms with Gasteiger partial charge in [0.25, 0.3) is 0 Å². The predicted molar refractivity (Wildman–Crippen MR) is 132 cm³/mol. The minimum atomic E-state index is -3.69. The third-order valence-corrected chi connectivity index (χ3v) is 6.50. The molecule has 6 nitrogen and oxygen atoms in total. The number of anilines is 1. The minimum Gasteiger partial charge on any atom is -0.457 e. The summed E-state index contributed by atoms with van der Waals surface area (Å²) in [5.41, 5.74) is 1.60. The number of carbonyl (C=O) groups is 1. The van der Waals surface area contributed by atoms with Crippen LogP contribution in [-0.2, 0) is 21.2 Å². The highest BCUT2D eigenvalue weighted by atomic mass is 32.2. The molecule has 174 valence electrons. The van der Waals surface area contributed by atoms with Gasteiger partial charge in [0.15, 0.2) is 0 Å². The Morgan fingerprint density at radius 1 is 0.879 bits per heavy atom. The number of hydrogen-bond acceptors (Lipinski definition) is 4. The topological polar surface area (TPSA) is 75.7 Å². The van der Waals surface area contributed by atoms with Gasteiger partial charge in [0.1, 0.15) is 17.5 Å². The molecule has 0 aromatic heterocycles. The molecule has 2 atom stereocenters. The fraction of sp³-hybridized carbons (Fsp3) is 0.269. The maximum absolute atomic E-state index is 12.9. The highest BCUT2D eigenvalue weighted by Crippen LogP contribution is 2.27. The normalized spacial score (nSPS) is 13.1. The largest absolute Gasteiger partial charge is 0.457 e. The van der Waals surface area contributed by atoms with Crippen LogP contribution in [0.3, 0.4) is 0 Å². The van der Waals surface area contributed by atoms with Gasteiger partial charge in [0, 0.05) is 6.04 Å². The smallest absolute Gasteiger partial charge is 0.243 e. The fourth-order valence-corrected chi connectivity index (χ4v) is 4.73. The van der Waals surface area contributed by atoms with Gasteiger partial charge in [-0.2, -0.15) is 0 Å². The first kappa shape index (κ1) is 24.3. The third kappa shape index (κ3) is 7.08. The summed E-state index contributed by atoms with van der Waals surface area (Å²) in [4.78, 5) is 12.9. The lowest BCUT2D eigenvalue weighted by atomic mass is 10.1. The van der Waals surface area contributed by atoms with Gasteiger partial charge in [0.2, 0.25) is 15.9 Å². The van der Waals surface area contributed by atoms with Gasteiger partial charge >= 0.3 is 0 Å². The van der Waals surface area contributed by atoms with Crippen LogP contribution in [-0.4, -0.2) is 32.7 Å². The number of nitrogens with zero attached hydrogens (tertiary/aromatic N) is 1. The maximum Gasteiger partial charge on any atom is 0.243 e. The molecular weight excluding hydrogens is 436 g/mol. The molecule has 0 aliphatic carbocycles. The number of para-hydroxylation sites is 1. The summed E-state index contributed by atoms with van der Waals surface area (Å²) in [5, 5.41) is 2.95. The van der Waals surface area contributed by atoms with Crippen molar-refractivity contribution in [2.45, 2.75) is 38.8 Å². The van der Waals surface area contributed by atoms with Gasteiger partial charge < -0.3 is 10.1 Å². The second kappa shape index (κ2) is 11.0. The molecule has 0 saturated heterocycles. The van der Waals surface area contributed by atoms with E-state index in [1.807, 2.05) is 67.6 Å². The lowest BCUT2D eigenvalue weighted by Crippen LogP contribution is -2.49. The van der Waals surface area contributed by atoms with Crippen molar-refractivity contribution in [3.05, 3.63) is 90.5 Å². The van der Waals surface area contributed by atoms with Crippen molar-refractivity contribution in [2.75, 3.05) is 10.6 Å². The van der Waals surface area contributed by atoms with E-state index >= 15 is 0 Å². The van der Waals surface area contributed by atoms with Crippen LogP contribution in [0.15, 0.2) is 84.9 Å². The van der Waals surface area contributed by atoms with Crippen molar-refractivity contribution in [3.63, 3.8) is 0 Å². The number of carbonyl (C=O) groups excluding carboxylic acids is 1. The highest BCUT2D eigenvalue weighted by Gasteiger charge is 2.29. The Balaban J connectivity index is 1.66.